The van der Waals surface area contributed by atoms with E-state index >= 15 is 0 Å². The SMILES string of the molecule is Cc1nc(NC(=S)NC(=O)/C=C/c2ccc(C(C)C)cc2)ccc1I. The van der Waals surface area contributed by atoms with Gasteiger partial charge < -0.3 is 5.32 Å². The molecule has 2 aromatic rings. The smallest absolute Gasteiger partial charge is 0.250 e. The lowest BCUT2D eigenvalue weighted by Crippen LogP contribution is -2.33. The summed E-state index contributed by atoms with van der Waals surface area (Å²) < 4.78 is 1.07. The van der Waals surface area contributed by atoms with Gasteiger partial charge in [-0.25, -0.2) is 4.98 Å². The van der Waals surface area contributed by atoms with Crippen LogP contribution >= 0.6 is 34.8 Å². The quantitative estimate of drug-likeness (QED) is 0.393. The van der Waals surface area contributed by atoms with Crippen LogP contribution in [0.3, 0.4) is 0 Å². The van der Waals surface area contributed by atoms with Gasteiger partial charge >= 0.3 is 0 Å². The highest BCUT2D eigenvalue weighted by Gasteiger charge is 2.04. The van der Waals surface area contributed by atoms with Crippen molar-refractivity contribution in [3.05, 3.63) is 62.9 Å². The van der Waals surface area contributed by atoms with Gasteiger partial charge in [-0.15, -0.1) is 0 Å². The van der Waals surface area contributed by atoms with E-state index in [-0.39, 0.29) is 11.0 Å². The standard InChI is InChI=1S/C19H20IN3OS/c1-12(2)15-7-4-14(5-8-15)6-11-18(24)23-19(25)22-17-10-9-16(20)13(3)21-17/h4-12H,1-3H3,(H2,21,22,23,24,25)/b11-6+. The summed E-state index contributed by atoms with van der Waals surface area (Å²) in [6, 6.07) is 11.9. The molecule has 0 radical (unpaired) electrons. The van der Waals surface area contributed by atoms with Crippen molar-refractivity contribution in [2.75, 3.05) is 5.32 Å². The predicted octanol–water partition coefficient (Wildman–Crippen LogP) is 4.64. The van der Waals surface area contributed by atoms with E-state index in [1.54, 1.807) is 6.08 Å². The van der Waals surface area contributed by atoms with E-state index in [0.717, 1.165) is 14.8 Å². The molecule has 1 aromatic heterocycles. The van der Waals surface area contributed by atoms with E-state index < -0.39 is 0 Å². The number of hydrogen-bond donors (Lipinski definition) is 2. The summed E-state index contributed by atoms with van der Waals surface area (Å²) in [6.45, 7) is 6.22. The van der Waals surface area contributed by atoms with Crippen LogP contribution in [0.4, 0.5) is 5.82 Å². The van der Waals surface area contributed by atoms with Crippen LogP contribution in [0.1, 0.15) is 36.6 Å². The highest BCUT2D eigenvalue weighted by molar-refractivity contribution is 14.1. The molecule has 0 saturated heterocycles. The summed E-state index contributed by atoms with van der Waals surface area (Å²) in [5.74, 6) is 0.812. The maximum Gasteiger partial charge on any atom is 0.250 e. The summed E-state index contributed by atoms with van der Waals surface area (Å²) in [5, 5.41) is 5.75. The van der Waals surface area contributed by atoms with Crippen molar-refractivity contribution in [2.45, 2.75) is 26.7 Å². The molecule has 6 heteroatoms. The van der Waals surface area contributed by atoms with Gasteiger partial charge in [0.05, 0.1) is 5.69 Å². The third-order valence-electron chi connectivity index (χ3n) is 3.53. The Morgan fingerprint density at radius 3 is 2.48 bits per heavy atom. The number of thiocarbonyl (C=S) groups is 1. The van der Waals surface area contributed by atoms with E-state index in [1.165, 1.54) is 11.6 Å². The molecule has 0 spiro atoms. The van der Waals surface area contributed by atoms with Gasteiger partial charge in [0.15, 0.2) is 5.11 Å². The van der Waals surface area contributed by atoms with Gasteiger partial charge in [-0.3, -0.25) is 10.1 Å². The average molecular weight is 465 g/mol. The number of anilines is 1. The summed E-state index contributed by atoms with van der Waals surface area (Å²) in [4.78, 5) is 16.3. The fraction of sp³-hybridized carbons (Fsp3) is 0.211. The second-order valence-corrected chi connectivity index (χ2v) is 7.43. The van der Waals surface area contributed by atoms with Crippen LogP contribution in [0.15, 0.2) is 42.5 Å². The Balaban J connectivity index is 1.90. The number of halogens is 1. The van der Waals surface area contributed by atoms with Gasteiger partial charge in [0, 0.05) is 9.65 Å². The van der Waals surface area contributed by atoms with E-state index in [4.69, 9.17) is 12.2 Å². The lowest BCUT2D eigenvalue weighted by Gasteiger charge is -2.08. The lowest BCUT2D eigenvalue weighted by molar-refractivity contribution is -0.115. The Hall–Kier alpha value is -1.80. The van der Waals surface area contributed by atoms with Crippen molar-refractivity contribution >= 4 is 57.7 Å². The fourth-order valence-electron chi connectivity index (χ4n) is 2.08. The van der Waals surface area contributed by atoms with Crippen LogP contribution in [0.5, 0.6) is 0 Å². The van der Waals surface area contributed by atoms with E-state index in [1.807, 2.05) is 31.2 Å². The highest BCUT2D eigenvalue weighted by Crippen LogP contribution is 2.15. The van der Waals surface area contributed by atoms with E-state index in [9.17, 15) is 4.79 Å². The third-order valence-corrected chi connectivity index (χ3v) is 4.87. The topological polar surface area (TPSA) is 54.0 Å². The Labute approximate surface area is 167 Å². The zero-order valence-electron chi connectivity index (χ0n) is 14.3. The molecule has 0 aliphatic rings. The Morgan fingerprint density at radius 1 is 1.20 bits per heavy atom. The molecule has 1 aromatic carbocycles. The van der Waals surface area contributed by atoms with Gasteiger partial charge in [0.25, 0.3) is 0 Å². The zero-order chi connectivity index (χ0) is 18.4. The molecule has 130 valence electrons. The zero-order valence-corrected chi connectivity index (χ0v) is 17.3. The van der Waals surface area contributed by atoms with Gasteiger partial charge in [-0.1, -0.05) is 38.1 Å². The Morgan fingerprint density at radius 2 is 1.88 bits per heavy atom. The molecule has 0 aliphatic heterocycles. The third kappa shape index (κ3) is 6.21. The number of pyridine rings is 1. The van der Waals surface area contributed by atoms with Gasteiger partial charge in [0.2, 0.25) is 5.91 Å². The second-order valence-electron chi connectivity index (χ2n) is 5.86. The predicted molar refractivity (Wildman–Crippen MR) is 116 cm³/mol. The van der Waals surface area contributed by atoms with Gasteiger partial charge in [-0.2, -0.15) is 0 Å². The molecule has 0 fully saturated rings. The normalized spacial score (nSPS) is 10.9. The molecule has 0 unspecified atom stereocenters. The number of nitrogens with zero attached hydrogens (tertiary/aromatic N) is 1. The first-order valence-electron chi connectivity index (χ1n) is 7.88. The van der Waals surface area contributed by atoms with Gasteiger partial charge in [0.1, 0.15) is 5.82 Å². The van der Waals surface area contributed by atoms with Crippen LogP contribution in [0.2, 0.25) is 0 Å². The van der Waals surface area contributed by atoms with Crippen molar-refractivity contribution in [2.24, 2.45) is 0 Å². The van der Waals surface area contributed by atoms with E-state index in [2.05, 4.69) is 64.2 Å². The fourth-order valence-corrected chi connectivity index (χ4v) is 2.58. The molecule has 0 aliphatic carbocycles. The first-order chi connectivity index (χ1) is 11.8. The average Bonchev–Trinajstić information content (AvgIpc) is 2.56. The highest BCUT2D eigenvalue weighted by atomic mass is 127. The van der Waals surface area contributed by atoms with Crippen LogP contribution in [0, 0.1) is 10.5 Å². The summed E-state index contributed by atoms with van der Waals surface area (Å²) in [5.41, 5.74) is 3.14. The molecule has 2 N–H and O–H groups in total. The molecule has 1 heterocycles. The van der Waals surface area contributed by atoms with Crippen LogP contribution in [-0.4, -0.2) is 16.0 Å². The molecule has 0 atom stereocenters. The molecule has 0 bridgehead atoms. The number of nitrogens with one attached hydrogen (secondary N) is 2. The number of hydrogen-bond acceptors (Lipinski definition) is 3. The summed E-state index contributed by atoms with van der Waals surface area (Å²) >= 11 is 7.36. The number of carbonyl (C=O) groups excluding carboxylic acids is 1. The van der Waals surface area contributed by atoms with Crippen molar-refractivity contribution in [1.82, 2.24) is 10.3 Å². The molecule has 1 amide bonds. The minimum Gasteiger partial charge on any atom is -0.317 e. The molecule has 25 heavy (non-hydrogen) atoms. The summed E-state index contributed by atoms with van der Waals surface area (Å²) in [6.07, 6.45) is 3.22. The van der Waals surface area contributed by atoms with Crippen LogP contribution in [0.25, 0.3) is 6.08 Å². The number of carbonyl (C=O) groups is 1. The van der Waals surface area contributed by atoms with Crippen molar-refractivity contribution < 1.29 is 4.79 Å². The number of rotatable bonds is 4. The lowest BCUT2D eigenvalue weighted by atomic mass is 10.0. The van der Waals surface area contributed by atoms with Crippen LogP contribution < -0.4 is 10.6 Å². The molecular weight excluding hydrogens is 445 g/mol. The molecule has 0 saturated carbocycles. The Kier molecular flexibility index (Phi) is 7.07. The monoisotopic (exact) mass is 465 g/mol. The number of amides is 1. The second kappa shape index (κ2) is 9.05. The largest absolute Gasteiger partial charge is 0.317 e. The molecular formula is C19H20IN3OS. The first-order valence-corrected chi connectivity index (χ1v) is 9.37. The van der Waals surface area contributed by atoms with Crippen molar-refractivity contribution in [3.63, 3.8) is 0 Å². The van der Waals surface area contributed by atoms with Crippen LogP contribution in [-0.2, 0) is 4.79 Å². The summed E-state index contributed by atoms with van der Waals surface area (Å²) in [7, 11) is 0. The number of aryl methyl sites for hydroxylation is 1. The van der Waals surface area contributed by atoms with Gasteiger partial charge in [-0.05, 0) is 77.0 Å². The molecule has 2 rings (SSSR count). The minimum absolute atomic E-state index is 0.220. The minimum atomic E-state index is -0.285. The maximum atomic E-state index is 12.0. The van der Waals surface area contributed by atoms with Crippen molar-refractivity contribution in [3.8, 4) is 0 Å². The first kappa shape index (κ1) is 19.5. The number of benzene rings is 1. The number of aromatic nitrogens is 1. The van der Waals surface area contributed by atoms with E-state index in [0.29, 0.717) is 11.7 Å². The molecule has 4 nitrogen and oxygen atoms in total. The maximum absolute atomic E-state index is 12.0. The van der Waals surface area contributed by atoms with Crippen molar-refractivity contribution in [1.29, 1.82) is 0 Å². The Bertz CT molecular complexity index is 801.